The van der Waals surface area contributed by atoms with Gasteiger partial charge in [0.15, 0.2) is 5.78 Å². The molecule has 2 aromatic carbocycles. The van der Waals surface area contributed by atoms with Gasteiger partial charge in [0, 0.05) is 23.6 Å². The summed E-state index contributed by atoms with van der Waals surface area (Å²) < 4.78 is 1.43. The molecule has 2 aromatic heterocycles. The van der Waals surface area contributed by atoms with Crippen molar-refractivity contribution in [3.63, 3.8) is 0 Å². The number of carbonyl (C=O) groups excluding carboxylic acids is 2. The van der Waals surface area contributed by atoms with E-state index in [9.17, 15) is 19.5 Å². The molecule has 0 radical (unpaired) electrons. The van der Waals surface area contributed by atoms with Gasteiger partial charge in [0.05, 0.1) is 21.9 Å². The van der Waals surface area contributed by atoms with Crippen LogP contribution in [-0.4, -0.2) is 33.6 Å². The summed E-state index contributed by atoms with van der Waals surface area (Å²) in [4.78, 5) is 39.5. The number of benzene rings is 2. The van der Waals surface area contributed by atoms with Gasteiger partial charge in [-0.2, -0.15) is 0 Å². The molecular weight excluding hydrogens is 474 g/mol. The number of para-hydroxylation sites is 1. The Morgan fingerprint density at radius 2 is 1.71 bits per heavy atom. The van der Waals surface area contributed by atoms with Gasteiger partial charge in [-0.25, -0.2) is 4.79 Å². The highest BCUT2D eigenvalue weighted by Gasteiger charge is 2.25. The number of anilines is 1. The average Bonchev–Trinajstić information content (AvgIpc) is 3.15. The van der Waals surface area contributed by atoms with Gasteiger partial charge in [0.2, 0.25) is 0 Å². The van der Waals surface area contributed by atoms with Gasteiger partial charge in [-0.3, -0.25) is 19.5 Å². The Bertz CT molecular complexity index is 1440. The molecule has 3 N–H and O–H groups in total. The Balaban J connectivity index is 1.90. The molecule has 7 nitrogen and oxygen atoms in total. The van der Waals surface area contributed by atoms with Gasteiger partial charge in [0.25, 0.3) is 5.56 Å². The minimum atomic E-state index is -1.11. The van der Waals surface area contributed by atoms with Crippen molar-refractivity contribution in [3.05, 3.63) is 93.2 Å². The van der Waals surface area contributed by atoms with Crippen molar-refractivity contribution in [1.82, 2.24) is 9.88 Å². The number of ketones is 1. The molecule has 0 bridgehead atoms. The molecule has 174 valence electrons. The zero-order valence-corrected chi connectivity index (χ0v) is 20.0. The Morgan fingerprint density at radius 3 is 2.38 bits per heavy atom. The first kappa shape index (κ1) is 23.7. The number of nitrogens with one attached hydrogen (secondary N) is 2. The summed E-state index contributed by atoms with van der Waals surface area (Å²) in [6.45, 7) is 3.15. The maximum absolute atomic E-state index is 13.5. The number of aliphatic hydroxyl groups is 1. The van der Waals surface area contributed by atoms with Gasteiger partial charge in [-0.1, -0.05) is 65.4 Å². The average molecular weight is 496 g/mol. The molecule has 0 saturated heterocycles. The van der Waals surface area contributed by atoms with Crippen LogP contribution in [0.5, 0.6) is 0 Å². The van der Waals surface area contributed by atoms with Crippen molar-refractivity contribution < 1.29 is 14.7 Å². The largest absolute Gasteiger partial charge is 0.389 e. The van der Waals surface area contributed by atoms with Gasteiger partial charge < -0.3 is 10.4 Å². The van der Waals surface area contributed by atoms with Crippen molar-refractivity contribution in [2.75, 3.05) is 11.9 Å². The molecule has 0 aliphatic rings. The summed E-state index contributed by atoms with van der Waals surface area (Å²) in [5, 5.41) is 16.4. The molecule has 4 aromatic rings. The van der Waals surface area contributed by atoms with Gasteiger partial charge in [0.1, 0.15) is 9.83 Å². The molecule has 0 atom stereocenters. The molecule has 4 rings (SSSR count). The Morgan fingerprint density at radius 1 is 1.03 bits per heavy atom. The minimum Gasteiger partial charge on any atom is -0.389 e. The van der Waals surface area contributed by atoms with E-state index in [1.165, 1.54) is 10.6 Å². The van der Waals surface area contributed by atoms with Crippen LogP contribution in [0.25, 0.3) is 15.9 Å². The van der Waals surface area contributed by atoms with Crippen molar-refractivity contribution in [1.29, 1.82) is 0 Å². The van der Waals surface area contributed by atoms with Crippen LogP contribution < -0.4 is 16.2 Å². The van der Waals surface area contributed by atoms with Crippen LogP contribution in [0.1, 0.15) is 29.8 Å². The Hall–Kier alpha value is -3.46. The lowest BCUT2D eigenvalue weighted by molar-refractivity contribution is 0.0826. The summed E-state index contributed by atoms with van der Waals surface area (Å²) >= 11 is 7.48. The van der Waals surface area contributed by atoms with Crippen LogP contribution in [0.2, 0.25) is 5.02 Å². The monoisotopic (exact) mass is 495 g/mol. The zero-order chi connectivity index (χ0) is 24.5. The number of aromatic nitrogens is 1. The number of rotatable bonds is 6. The SMILES string of the molecule is CC(C)(O)CNC(=O)Nc1sc2c(ccc(=O)n2-c2ccccc2Cl)c1C(=O)c1ccccc1. The predicted octanol–water partition coefficient (Wildman–Crippen LogP) is 4.83. The van der Waals surface area contributed by atoms with Crippen LogP contribution in [0.15, 0.2) is 71.5 Å². The number of nitrogens with zero attached hydrogens (tertiary/aromatic N) is 1. The summed E-state index contributed by atoms with van der Waals surface area (Å²) in [5.41, 5.74) is -0.246. The maximum atomic E-state index is 13.5. The van der Waals surface area contributed by atoms with Crippen LogP contribution in [-0.2, 0) is 0 Å². The maximum Gasteiger partial charge on any atom is 0.319 e. The standard InChI is InChI=1S/C25H22ClN3O4S/c1-25(2,33)14-27-24(32)28-22-20(21(31)15-8-4-3-5-9-15)16-12-13-19(30)29(23(16)34-22)18-11-7-6-10-17(18)26/h3-13,33H,14H2,1-2H3,(H2,27,28,32). The number of thiophene rings is 1. The molecule has 0 saturated carbocycles. The van der Waals surface area contributed by atoms with Crippen LogP contribution in [0.3, 0.4) is 0 Å². The first-order chi connectivity index (χ1) is 16.2. The van der Waals surface area contributed by atoms with Crippen molar-refractivity contribution in [2.45, 2.75) is 19.4 Å². The number of amides is 2. The fourth-order valence-electron chi connectivity index (χ4n) is 3.43. The molecule has 0 aliphatic heterocycles. The second-order valence-corrected chi connectivity index (χ2v) is 9.70. The topological polar surface area (TPSA) is 100 Å². The number of pyridine rings is 1. The number of halogens is 1. The number of urea groups is 1. The highest BCUT2D eigenvalue weighted by Crippen LogP contribution is 2.38. The van der Waals surface area contributed by atoms with E-state index in [-0.39, 0.29) is 28.5 Å². The van der Waals surface area contributed by atoms with Gasteiger partial charge in [-0.15, -0.1) is 0 Å². The van der Waals surface area contributed by atoms with Crippen LogP contribution >= 0.6 is 22.9 Å². The van der Waals surface area contributed by atoms with E-state index in [1.54, 1.807) is 74.5 Å². The summed E-state index contributed by atoms with van der Waals surface area (Å²) in [6.07, 6.45) is 0. The van der Waals surface area contributed by atoms with Gasteiger partial charge in [-0.05, 0) is 32.0 Å². The summed E-state index contributed by atoms with van der Waals surface area (Å²) in [7, 11) is 0. The summed E-state index contributed by atoms with van der Waals surface area (Å²) in [5.74, 6) is -0.297. The quantitative estimate of drug-likeness (QED) is 0.333. The molecule has 0 fully saturated rings. The number of hydrogen-bond acceptors (Lipinski definition) is 5. The fourth-order valence-corrected chi connectivity index (χ4v) is 4.86. The second kappa shape index (κ2) is 9.42. The number of fused-ring (bicyclic) bond motifs is 1. The first-order valence-electron chi connectivity index (χ1n) is 10.5. The summed E-state index contributed by atoms with van der Waals surface area (Å²) in [6, 6.07) is 18.0. The molecule has 0 unspecified atom stereocenters. The zero-order valence-electron chi connectivity index (χ0n) is 18.5. The highest BCUT2D eigenvalue weighted by atomic mass is 35.5. The van der Waals surface area contributed by atoms with Crippen LogP contribution in [0.4, 0.5) is 9.80 Å². The third kappa shape index (κ3) is 4.89. The predicted molar refractivity (Wildman–Crippen MR) is 136 cm³/mol. The number of carbonyl (C=O) groups is 2. The lowest BCUT2D eigenvalue weighted by Crippen LogP contribution is -2.40. The van der Waals surface area contributed by atoms with E-state index in [0.29, 0.717) is 26.5 Å². The van der Waals surface area contributed by atoms with Gasteiger partial charge >= 0.3 is 6.03 Å². The normalized spacial score (nSPS) is 11.4. The molecular formula is C25H22ClN3O4S. The molecule has 2 heterocycles. The minimum absolute atomic E-state index is 0.00995. The second-order valence-electron chi connectivity index (χ2n) is 8.30. The lowest BCUT2D eigenvalue weighted by Gasteiger charge is -2.17. The van der Waals surface area contributed by atoms with Crippen molar-refractivity contribution in [3.8, 4) is 5.69 Å². The molecule has 2 amide bonds. The fraction of sp³-hybridized carbons (Fsp3) is 0.160. The third-order valence-corrected chi connectivity index (χ3v) is 6.43. The lowest BCUT2D eigenvalue weighted by atomic mass is 10.0. The molecule has 0 spiro atoms. The highest BCUT2D eigenvalue weighted by molar-refractivity contribution is 7.23. The van der Waals surface area contributed by atoms with E-state index in [0.717, 1.165) is 11.3 Å². The third-order valence-electron chi connectivity index (χ3n) is 5.01. The molecule has 34 heavy (non-hydrogen) atoms. The van der Waals surface area contributed by atoms with Crippen LogP contribution in [0, 0.1) is 0 Å². The molecule has 0 aliphatic carbocycles. The van der Waals surface area contributed by atoms with E-state index in [2.05, 4.69) is 10.6 Å². The number of hydrogen-bond donors (Lipinski definition) is 3. The molecule has 9 heteroatoms. The van der Waals surface area contributed by atoms with E-state index in [4.69, 9.17) is 11.6 Å². The van der Waals surface area contributed by atoms with Crippen molar-refractivity contribution in [2.24, 2.45) is 0 Å². The Labute approximate surface area is 204 Å². The van der Waals surface area contributed by atoms with E-state index >= 15 is 0 Å². The Kier molecular flexibility index (Phi) is 6.56. The van der Waals surface area contributed by atoms with E-state index < -0.39 is 11.6 Å². The van der Waals surface area contributed by atoms with Crippen molar-refractivity contribution >= 4 is 50.0 Å². The van der Waals surface area contributed by atoms with E-state index in [1.807, 2.05) is 0 Å². The first-order valence-corrected chi connectivity index (χ1v) is 11.7. The smallest absolute Gasteiger partial charge is 0.319 e.